The Hall–Kier alpha value is -0.660. The molecule has 0 saturated carbocycles. The summed E-state index contributed by atoms with van der Waals surface area (Å²) in [6.07, 6.45) is 0.740. The van der Waals surface area contributed by atoms with Gasteiger partial charge in [-0.15, -0.1) is 0 Å². The van der Waals surface area contributed by atoms with Gasteiger partial charge in [0, 0.05) is 12.1 Å². The molecule has 0 rings (SSSR count). The van der Waals surface area contributed by atoms with Crippen LogP contribution in [0, 0.1) is 5.41 Å². The van der Waals surface area contributed by atoms with Crippen molar-refractivity contribution >= 4 is 12.4 Å². The monoisotopic (exact) mass is 112 g/mol. The minimum absolute atomic E-state index is 0.215. The highest BCUT2D eigenvalue weighted by atomic mass is 14.7. The molecule has 0 amide bonds. The minimum Gasteiger partial charge on any atom is -0.310 e. The first-order chi connectivity index (χ1) is 3.66. The van der Waals surface area contributed by atoms with Crippen molar-refractivity contribution in [2.24, 2.45) is 4.99 Å². The Balaban J connectivity index is 3.38. The van der Waals surface area contributed by atoms with Gasteiger partial charge in [0.05, 0.1) is 6.04 Å². The van der Waals surface area contributed by atoms with Crippen molar-refractivity contribution in [2.75, 3.05) is 0 Å². The van der Waals surface area contributed by atoms with Crippen LogP contribution in [0.1, 0.15) is 20.3 Å². The Morgan fingerprint density at radius 3 is 2.50 bits per heavy atom. The highest BCUT2D eigenvalue weighted by Gasteiger charge is 1.95. The molecular weight excluding hydrogens is 100 g/mol. The topological polar surface area (TPSA) is 36.2 Å². The molecule has 8 heavy (non-hydrogen) atoms. The normalized spacial score (nSPS) is 12.8. The maximum atomic E-state index is 7.04. The van der Waals surface area contributed by atoms with Crippen LogP contribution in [-0.2, 0) is 0 Å². The zero-order chi connectivity index (χ0) is 6.57. The van der Waals surface area contributed by atoms with Crippen LogP contribution in [0.2, 0.25) is 0 Å². The molecule has 1 atom stereocenters. The lowest BCUT2D eigenvalue weighted by molar-refractivity contribution is 0.783. The fraction of sp³-hybridized carbons (Fsp3) is 0.667. The van der Waals surface area contributed by atoms with E-state index < -0.39 is 0 Å². The summed E-state index contributed by atoms with van der Waals surface area (Å²) in [5.74, 6) is 0. The second kappa shape index (κ2) is 3.36. The number of hydrogen-bond acceptors (Lipinski definition) is 2. The summed E-state index contributed by atoms with van der Waals surface area (Å²) in [6, 6.07) is 0.215. The number of rotatable bonds is 3. The van der Waals surface area contributed by atoms with E-state index in [1.807, 2.05) is 6.92 Å². The number of nitrogens with zero attached hydrogens (tertiary/aromatic N) is 1. The highest BCUT2D eigenvalue weighted by molar-refractivity contribution is 5.79. The molecule has 0 radical (unpaired) electrons. The van der Waals surface area contributed by atoms with Gasteiger partial charge in [-0.3, -0.25) is 4.99 Å². The highest BCUT2D eigenvalue weighted by Crippen LogP contribution is 1.94. The number of hydrogen-bond donors (Lipinski definition) is 1. The van der Waals surface area contributed by atoms with Crippen LogP contribution in [0.4, 0.5) is 0 Å². The molecule has 0 aromatic rings. The van der Waals surface area contributed by atoms with E-state index in [-0.39, 0.29) is 6.04 Å². The predicted molar refractivity (Wildman–Crippen MR) is 37.0 cm³/mol. The first kappa shape index (κ1) is 7.34. The van der Waals surface area contributed by atoms with E-state index in [9.17, 15) is 0 Å². The SMILES string of the molecule is C=NC(C)CC(C)=N. The second-order valence-corrected chi connectivity index (χ2v) is 2.02. The van der Waals surface area contributed by atoms with Crippen molar-refractivity contribution in [3.8, 4) is 0 Å². The molecule has 0 heterocycles. The third kappa shape index (κ3) is 3.53. The van der Waals surface area contributed by atoms with Crippen LogP contribution in [0.25, 0.3) is 0 Å². The third-order valence-electron chi connectivity index (χ3n) is 0.913. The standard InChI is InChI=1S/C6H12N2/c1-5(7)4-6(2)8-3/h6-7H,3-4H2,1-2H3. The lowest BCUT2D eigenvalue weighted by atomic mass is 10.2. The lowest BCUT2D eigenvalue weighted by Crippen LogP contribution is -2.02. The van der Waals surface area contributed by atoms with E-state index in [2.05, 4.69) is 11.7 Å². The molecule has 0 saturated heterocycles. The summed E-state index contributed by atoms with van der Waals surface area (Å²) >= 11 is 0. The Kier molecular flexibility index (Phi) is 3.08. The Labute approximate surface area is 50.1 Å². The Morgan fingerprint density at radius 2 is 2.38 bits per heavy atom. The molecular formula is C6H12N2. The second-order valence-electron chi connectivity index (χ2n) is 2.02. The van der Waals surface area contributed by atoms with Gasteiger partial charge in [0.2, 0.25) is 0 Å². The van der Waals surface area contributed by atoms with Crippen molar-refractivity contribution in [3.63, 3.8) is 0 Å². The van der Waals surface area contributed by atoms with Crippen LogP contribution < -0.4 is 0 Å². The molecule has 2 nitrogen and oxygen atoms in total. The van der Waals surface area contributed by atoms with Crippen LogP contribution >= 0.6 is 0 Å². The molecule has 0 aromatic heterocycles. The average Bonchev–Trinajstić information content (AvgIpc) is 1.65. The maximum absolute atomic E-state index is 7.04. The minimum atomic E-state index is 0.215. The van der Waals surface area contributed by atoms with E-state index in [0.717, 1.165) is 6.42 Å². The molecule has 1 unspecified atom stereocenters. The van der Waals surface area contributed by atoms with Gasteiger partial charge in [-0.1, -0.05) is 0 Å². The quantitative estimate of drug-likeness (QED) is 0.537. The summed E-state index contributed by atoms with van der Waals surface area (Å²) in [5.41, 5.74) is 0.671. The van der Waals surface area contributed by atoms with Crippen LogP contribution in [-0.4, -0.2) is 18.5 Å². The molecule has 0 aliphatic heterocycles. The van der Waals surface area contributed by atoms with Gasteiger partial charge in [-0.2, -0.15) is 0 Å². The van der Waals surface area contributed by atoms with Gasteiger partial charge in [-0.05, 0) is 20.6 Å². The molecule has 2 heteroatoms. The summed E-state index contributed by atoms with van der Waals surface area (Å²) in [5, 5.41) is 7.04. The van der Waals surface area contributed by atoms with Crippen LogP contribution in [0.3, 0.4) is 0 Å². The fourth-order valence-corrected chi connectivity index (χ4v) is 0.508. The molecule has 46 valence electrons. The molecule has 1 N–H and O–H groups in total. The molecule has 0 fully saturated rings. The summed E-state index contributed by atoms with van der Waals surface area (Å²) in [7, 11) is 0. The van der Waals surface area contributed by atoms with Gasteiger partial charge in [-0.25, -0.2) is 0 Å². The molecule has 0 aromatic carbocycles. The zero-order valence-corrected chi connectivity index (χ0v) is 5.44. The Morgan fingerprint density at radius 1 is 1.88 bits per heavy atom. The molecule has 0 aliphatic rings. The van der Waals surface area contributed by atoms with E-state index in [1.165, 1.54) is 0 Å². The summed E-state index contributed by atoms with van der Waals surface area (Å²) in [6.45, 7) is 7.10. The van der Waals surface area contributed by atoms with Gasteiger partial charge < -0.3 is 5.41 Å². The van der Waals surface area contributed by atoms with E-state index in [0.29, 0.717) is 5.71 Å². The van der Waals surface area contributed by atoms with E-state index >= 15 is 0 Å². The van der Waals surface area contributed by atoms with Gasteiger partial charge in [0.15, 0.2) is 0 Å². The molecule has 0 spiro atoms. The molecule has 0 bridgehead atoms. The van der Waals surface area contributed by atoms with Crippen LogP contribution in [0.15, 0.2) is 4.99 Å². The van der Waals surface area contributed by atoms with Crippen molar-refractivity contribution in [3.05, 3.63) is 0 Å². The van der Waals surface area contributed by atoms with Gasteiger partial charge in [0.25, 0.3) is 0 Å². The number of aliphatic imine (C=N–C) groups is 1. The first-order valence-electron chi connectivity index (χ1n) is 2.66. The summed E-state index contributed by atoms with van der Waals surface area (Å²) in [4.78, 5) is 3.74. The smallest absolute Gasteiger partial charge is 0.0516 e. The van der Waals surface area contributed by atoms with Crippen molar-refractivity contribution in [2.45, 2.75) is 26.3 Å². The predicted octanol–water partition coefficient (Wildman–Crippen LogP) is 1.51. The van der Waals surface area contributed by atoms with Gasteiger partial charge >= 0.3 is 0 Å². The third-order valence-corrected chi connectivity index (χ3v) is 0.913. The fourth-order valence-electron chi connectivity index (χ4n) is 0.508. The van der Waals surface area contributed by atoms with Crippen molar-refractivity contribution in [1.82, 2.24) is 0 Å². The summed E-state index contributed by atoms with van der Waals surface area (Å²) < 4.78 is 0. The largest absolute Gasteiger partial charge is 0.310 e. The van der Waals surface area contributed by atoms with Crippen LogP contribution in [0.5, 0.6) is 0 Å². The molecule has 0 aliphatic carbocycles. The average molecular weight is 112 g/mol. The number of nitrogens with one attached hydrogen (secondary N) is 1. The zero-order valence-electron chi connectivity index (χ0n) is 5.44. The van der Waals surface area contributed by atoms with E-state index in [4.69, 9.17) is 5.41 Å². The van der Waals surface area contributed by atoms with Crippen molar-refractivity contribution in [1.29, 1.82) is 5.41 Å². The Bertz CT molecular complexity index is 96.7. The van der Waals surface area contributed by atoms with Gasteiger partial charge in [0.1, 0.15) is 0 Å². The first-order valence-corrected chi connectivity index (χ1v) is 2.66. The lowest BCUT2D eigenvalue weighted by Gasteiger charge is -2.00. The van der Waals surface area contributed by atoms with E-state index in [1.54, 1.807) is 6.92 Å². The maximum Gasteiger partial charge on any atom is 0.0516 e. The van der Waals surface area contributed by atoms with Crippen molar-refractivity contribution < 1.29 is 0 Å².